The first-order valence-electron chi connectivity index (χ1n) is 7.85. The Morgan fingerprint density at radius 1 is 1.14 bits per heavy atom. The average Bonchev–Trinajstić information content (AvgIpc) is 2.95. The molecular weight excluding hydrogens is 274 g/mol. The molecule has 1 fully saturated rings. The fourth-order valence-corrected chi connectivity index (χ4v) is 3.07. The first kappa shape index (κ1) is 13.5. The highest BCUT2D eigenvalue weighted by Gasteiger charge is 2.21. The molecule has 0 radical (unpaired) electrons. The molecule has 1 aliphatic heterocycles. The Morgan fingerprint density at radius 2 is 2.00 bits per heavy atom. The smallest absolute Gasteiger partial charge is 0.156 e. The van der Waals surface area contributed by atoms with E-state index in [1.54, 1.807) is 0 Å². The Balaban J connectivity index is 1.89. The van der Waals surface area contributed by atoms with Crippen LogP contribution < -0.4 is 0 Å². The highest BCUT2D eigenvalue weighted by molar-refractivity contribution is 5.62. The van der Waals surface area contributed by atoms with E-state index in [0.29, 0.717) is 0 Å². The van der Waals surface area contributed by atoms with Gasteiger partial charge < -0.3 is 4.74 Å². The number of ether oxygens (including phenoxy) is 1. The summed E-state index contributed by atoms with van der Waals surface area (Å²) in [5, 5.41) is 4.60. The number of rotatable bonds is 2. The van der Waals surface area contributed by atoms with E-state index in [4.69, 9.17) is 9.72 Å². The van der Waals surface area contributed by atoms with Crippen molar-refractivity contribution < 1.29 is 4.74 Å². The zero-order valence-electron chi connectivity index (χ0n) is 12.7. The SMILES string of the molecule is Cc1cc2nc(-c3ccccc3)cc(C3CCCCO3)n2n1. The Morgan fingerprint density at radius 3 is 2.77 bits per heavy atom. The van der Waals surface area contributed by atoms with Gasteiger partial charge in [0, 0.05) is 18.2 Å². The van der Waals surface area contributed by atoms with Crippen molar-refractivity contribution in [3.8, 4) is 11.3 Å². The number of benzene rings is 1. The lowest BCUT2D eigenvalue weighted by Crippen LogP contribution is -2.16. The second kappa shape index (κ2) is 5.54. The molecule has 1 unspecified atom stereocenters. The third-order valence-corrected chi connectivity index (χ3v) is 4.16. The van der Waals surface area contributed by atoms with Crippen LogP contribution in [0.3, 0.4) is 0 Å². The molecule has 0 N–H and O–H groups in total. The first-order valence-corrected chi connectivity index (χ1v) is 7.85. The molecule has 0 aliphatic carbocycles. The van der Waals surface area contributed by atoms with E-state index in [-0.39, 0.29) is 6.10 Å². The topological polar surface area (TPSA) is 39.4 Å². The molecule has 112 valence electrons. The summed E-state index contributed by atoms with van der Waals surface area (Å²) in [6.45, 7) is 2.83. The van der Waals surface area contributed by atoms with Gasteiger partial charge in [-0.2, -0.15) is 5.10 Å². The van der Waals surface area contributed by atoms with Gasteiger partial charge in [-0.3, -0.25) is 0 Å². The molecule has 0 saturated carbocycles. The van der Waals surface area contributed by atoms with Crippen LogP contribution in [0.5, 0.6) is 0 Å². The fraction of sp³-hybridized carbons (Fsp3) is 0.333. The molecule has 4 nitrogen and oxygen atoms in total. The molecule has 1 aromatic carbocycles. The molecule has 3 heterocycles. The van der Waals surface area contributed by atoms with Crippen LogP contribution in [-0.4, -0.2) is 21.2 Å². The standard InChI is InChI=1S/C18H19N3O/c1-13-11-18-19-15(14-7-3-2-4-8-14)12-16(21(18)20-13)17-9-5-6-10-22-17/h2-4,7-8,11-12,17H,5-6,9-10H2,1H3. The number of aromatic nitrogens is 3. The van der Waals surface area contributed by atoms with Gasteiger partial charge in [-0.15, -0.1) is 0 Å². The van der Waals surface area contributed by atoms with Gasteiger partial charge in [0.05, 0.1) is 23.2 Å². The van der Waals surface area contributed by atoms with E-state index in [1.165, 1.54) is 6.42 Å². The van der Waals surface area contributed by atoms with Crippen LogP contribution in [0.1, 0.15) is 36.8 Å². The maximum Gasteiger partial charge on any atom is 0.156 e. The molecule has 3 aromatic rings. The summed E-state index contributed by atoms with van der Waals surface area (Å²) in [6.07, 6.45) is 3.51. The van der Waals surface area contributed by atoms with Crippen molar-refractivity contribution in [1.82, 2.24) is 14.6 Å². The highest BCUT2D eigenvalue weighted by Crippen LogP contribution is 2.30. The predicted molar refractivity (Wildman–Crippen MR) is 85.7 cm³/mol. The van der Waals surface area contributed by atoms with Gasteiger partial charge in [0.25, 0.3) is 0 Å². The van der Waals surface area contributed by atoms with Crippen molar-refractivity contribution >= 4 is 5.65 Å². The number of hydrogen-bond donors (Lipinski definition) is 0. The van der Waals surface area contributed by atoms with E-state index < -0.39 is 0 Å². The Bertz CT molecular complexity index is 789. The van der Waals surface area contributed by atoms with Crippen LogP contribution in [0, 0.1) is 6.92 Å². The van der Waals surface area contributed by atoms with Gasteiger partial charge in [-0.05, 0) is 32.3 Å². The lowest BCUT2D eigenvalue weighted by atomic mass is 10.0. The lowest BCUT2D eigenvalue weighted by Gasteiger charge is -2.23. The Kier molecular flexibility index (Phi) is 3.39. The van der Waals surface area contributed by atoms with Gasteiger partial charge >= 0.3 is 0 Å². The molecule has 0 amide bonds. The maximum atomic E-state index is 5.98. The van der Waals surface area contributed by atoms with Crippen LogP contribution in [0.4, 0.5) is 0 Å². The van der Waals surface area contributed by atoms with E-state index in [1.807, 2.05) is 35.7 Å². The molecule has 1 atom stereocenters. The van der Waals surface area contributed by atoms with Crippen LogP contribution >= 0.6 is 0 Å². The second-order valence-electron chi connectivity index (χ2n) is 5.84. The molecular formula is C18H19N3O. The summed E-state index contributed by atoms with van der Waals surface area (Å²) in [5.41, 5.74) is 5.09. The van der Waals surface area contributed by atoms with Crippen LogP contribution in [0.25, 0.3) is 16.9 Å². The molecule has 4 heteroatoms. The third kappa shape index (κ3) is 2.40. The van der Waals surface area contributed by atoms with E-state index in [2.05, 4.69) is 23.3 Å². The van der Waals surface area contributed by atoms with Gasteiger partial charge in [0.2, 0.25) is 0 Å². The maximum absolute atomic E-state index is 5.98. The van der Waals surface area contributed by atoms with Crippen molar-refractivity contribution in [2.45, 2.75) is 32.3 Å². The Labute approximate surface area is 129 Å². The van der Waals surface area contributed by atoms with Crippen molar-refractivity contribution in [2.24, 2.45) is 0 Å². The van der Waals surface area contributed by atoms with Crippen LogP contribution in [0.2, 0.25) is 0 Å². The fourth-order valence-electron chi connectivity index (χ4n) is 3.07. The van der Waals surface area contributed by atoms with E-state index in [0.717, 1.165) is 47.7 Å². The summed E-state index contributed by atoms with van der Waals surface area (Å²) in [4.78, 5) is 4.77. The third-order valence-electron chi connectivity index (χ3n) is 4.16. The quantitative estimate of drug-likeness (QED) is 0.718. The minimum atomic E-state index is 0.112. The molecule has 2 aromatic heterocycles. The molecule has 1 saturated heterocycles. The molecule has 22 heavy (non-hydrogen) atoms. The summed E-state index contributed by atoms with van der Waals surface area (Å²) in [5.74, 6) is 0. The zero-order valence-corrected chi connectivity index (χ0v) is 12.7. The van der Waals surface area contributed by atoms with E-state index >= 15 is 0 Å². The van der Waals surface area contributed by atoms with Crippen LogP contribution in [0.15, 0.2) is 42.5 Å². The number of aryl methyl sites for hydroxylation is 1. The summed E-state index contributed by atoms with van der Waals surface area (Å²) >= 11 is 0. The monoisotopic (exact) mass is 293 g/mol. The Hall–Kier alpha value is -2.20. The molecule has 4 rings (SSSR count). The van der Waals surface area contributed by atoms with Gasteiger partial charge in [0.15, 0.2) is 5.65 Å². The highest BCUT2D eigenvalue weighted by atomic mass is 16.5. The summed E-state index contributed by atoms with van der Waals surface area (Å²) < 4.78 is 7.93. The van der Waals surface area contributed by atoms with Crippen molar-refractivity contribution in [3.63, 3.8) is 0 Å². The van der Waals surface area contributed by atoms with Crippen molar-refractivity contribution in [2.75, 3.05) is 6.61 Å². The molecule has 0 bridgehead atoms. The van der Waals surface area contributed by atoms with Crippen LogP contribution in [-0.2, 0) is 4.74 Å². The van der Waals surface area contributed by atoms with Gasteiger partial charge in [-0.25, -0.2) is 9.50 Å². The second-order valence-corrected chi connectivity index (χ2v) is 5.84. The van der Waals surface area contributed by atoms with Crippen molar-refractivity contribution in [3.05, 3.63) is 53.9 Å². The normalized spacial score (nSPS) is 18.7. The predicted octanol–water partition coefficient (Wildman–Crippen LogP) is 3.95. The van der Waals surface area contributed by atoms with Gasteiger partial charge in [-0.1, -0.05) is 30.3 Å². The first-order chi connectivity index (χ1) is 10.8. The lowest BCUT2D eigenvalue weighted by molar-refractivity contribution is 0.0110. The largest absolute Gasteiger partial charge is 0.372 e. The minimum absolute atomic E-state index is 0.112. The van der Waals surface area contributed by atoms with Gasteiger partial charge in [0.1, 0.15) is 0 Å². The number of nitrogens with zero attached hydrogens (tertiary/aromatic N) is 3. The summed E-state index contributed by atoms with van der Waals surface area (Å²) in [7, 11) is 0. The summed E-state index contributed by atoms with van der Waals surface area (Å²) in [6, 6.07) is 14.4. The average molecular weight is 293 g/mol. The van der Waals surface area contributed by atoms with E-state index in [9.17, 15) is 0 Å². The molecule has 1 aliphatic rings. The molecule has 0 spiro atoms. The number of fused-ring (bicyclic) bond motifs is 1. The number of hydrogen-bond acceptors (Lipinski definition) is 3. The minimum Gasteiger partial charge on any atom is -0.372 e. The zero-order chi connectivity index (χ0) is 14.9. The van der Waals surface area contributed by atoms with Crippen molar-refractivity contribution in [1.29, 1.82) is 0 Å².